The maximum Gasteiger partial charge on any atom is 0.264 e. The molecule has 190 valence electrons. The number of halogens is 1. The molecule has 2 aliphatic rings. The van der Waals surface area contributed by atoms with Crippen molar-refractivity contribution in [3.8, 4) is 23.0 Å². The minimum Gasteiger partial charge on any atom is -0.504 e. The van der Waals surface area contributed by atoms with E-state index in [2.05, 4.69) is 4.90 Å². The molecule has 0 atom stereocenters. The summed E-state index contributed by atoms with van der Waals surface area (Å²) in [4.78, 5) is 2.27. The van der Waals surface area contributed by atoms with Crippen molar-refractivity contribution in [2.45, 2.75) is 30.3 Å². The van der Waals surface area contributed by atoms with Gasteiger partial charge in [0.15, 0.2) is 23.0 Å². The molecule has 1 saturated heterocycles. The van der Waals surface area contributed by atoms with Crippen LogP contribution in [0.3, 0.4) is 0 Å². The molecule has 10 heteroatoms. The molecule has 2 heterocycles. The number of anilines is 1. The number of piperidine rings is 1. The Morgan fingerprint density at radius 2 is 1.75 bits per heavy atom. The third kappa shape index (κ3) is 4.78. The van der Waals surface area contributed by atoms with Gasteiger partial charge in [0.05, 0.1) is 17.7 Å². The van der Waals surface area contributed by atoms with Crippen molar-refractivity contribution in [1.82, 2.24) is 4.90 Å². The highest BCUT2D eigenvalue weighted by atomic mass is 32.2. The predicted molar refractivity (Wildman–Crippen MR) is 132 cm³/mol. The second-order valence-electron chi connectivity index (χ2n) is 8.81. The van der Waals surface area contributed by atoms with Crippen LogP contribution >= 0.6 is 0 Å². The summed E-state index contributed by atoms with van der Waals surface area (Å²) < 4.78 is 58.7. The molecule has 3 aromatic rings. The lowest BCUT2D eigenvalue weighted by molar-refractivity contribution is 0.174. The van der Waals surface area contributed by atoms with Crippen molar-refractivity contribution in [2.75, 3.05) is 31.3 Å². The summed E-state index contributed by atoms with van der Waals surface area (Å²) in [5, 5.41) is 9.85. The van der Waals surface area contributed by atoms with E-state index in [-0.39, 0.29) is 23.5 Å². The summed E-state index contributed by atoms with van der Waals surface area (Å²) >= 11 is 0. The minimum atomic E-state index is -3.97. The first kappa shape index (κ1) is 24.2. The highest BCUT2D eigenvalue weighted by Crippen LogP contribution is 2.39. The molecule has 8 nitrogen and oxygen atoms in total. The lowest BCUT2D eigenvalue weighted by atomic mass is 10.0. The van der Waals surface area contributed by atoms with Gasteiger partial charge in [0.1, 0.15) is 5.82 Å². The van der Waals surface area contributed by atoms with Gasteiger partial charge in [-0.05, 0) is 66.9 Å². The Balaban J connectivity index is 1.39. The van der Waals surface area contributed by atoms with Crippen LogP contribution in [-0.2, 0) is 16.6 Å². The Labute approximate surface area is 209 Å². The van der Waals surface area contributed by atoms with Crippen LogP contribution in [0.1, 0.15) is 18.4 Å². The van der Waals surface area contributed by atoms with Gasteiger partial charge in [-0.3, -0.25) is 9.21 Å². The van der Waals surface area contributed by atoms with E-state index in [0.29, 0.717) is 55.4 Å². The van der Waals surface area contributed by atoms with E-state index in [1.165, 1.54) is 23.5 Å². The van der Waals surface area contributed by atoms with Gasteiger partial charge in [-0.1, -0.05) is 6.07 Å². The number of nitrogens with zero attached hydrogens (tertiary/aromatic N) is 2. The maximum atomic E-state index is 13.8. The van der Waals surface area contributed by atoms with Crippen molar-refractivity contribution < 1.29 is 32.1 Å². The Morgan fingerprint density at radius 1 is 1.03 bits per heavy atom. The van der Waals surface area contributed by atoms with Crippen molar-refractivity contribution in [1.29, 1.82) is 0 Å². The second-order valence-corrected chi connectivity index (χ2v) is 10.6. The van der Waals surface area contributed by atoms with E-state index in [1.54, 1.807) is 30.3 Å². The molecule has 5 rings (SSSR count). The van der Waals surface area contributed by atoms with E-state index < -0.39 is 15.8 Å². The molecule has 0 bridgehead atoms. The zero-order valence-electron chi connectivity index (χ0n) is 19.8. The van der Waals surface area contributed by atoms with Crippen molar-refractivity contribution in [2.24, 2.45) is 0 Å². The SMILES string of the molecule is COc1cc(CN2CCC(N(c3ccc4c(c3)OCO4)S(=O)(=O)c3ccc(F)cc3)CC2)ccc1O. The minimum absolute atomic E-state index is 0.0279. The number of phenols is 1. The van der Waals surface area contributed by atoms with Crippen LogP contribution in [0.25, 0.3) is 0 Å². The van der Waals surface area contributed by atoms with Gasteiger partial charge in [0, 0.05) is 31.7 Å². The molecule has 0 spiro atoms. The van der Waals surface area contributed by atoms with Crippen molar-refractivity contribution in [3.05, 3.63) is 72.0 Å². The van der Waals surface area contributed by atoms with E-state index in [4.69, 9.17) is 14.2 Å². The Bertz CT molecular complexity index is 1340. The first-order valence-electron chi connectivity index (χ1n) is 11.6. The number of likely N-dealkylation sites (tertiary alicyclic amines) is 1. The van der Waals surface area contributed by atoms with Crippen molar-refractivity contribution >= 4 is 15.7 Å². The van der Waals surface area contributed by atoms with Gasteiger partial charge < -0.3 is 19.3 Å². The van der Waals surface area contributed by atoms with Gasteiger partial charge in [-0.25, -0.2) is 12.8 Å². The number of methoxy groups -OCH3 is 1. The first-order valence-corrected chi connectivity index (χ1v) is 13.1. The number of aromatic hydroxyl groups is 1. The highest BCUT2D eigenvalue weighted by Gasteiger charge is 2.35. The van der Waals surface area contributed by atoms with Gasteiger partial charge in [-0.15, -0.1) is 0 Å². The van der Waals surface area contributed by atoms with Crippen LogP contribution in [0.2, 0.25) is 0 Å². The molecule has 2 aliphatic heterocycles. The topological polar surface area (TPSA) is 88.5 Å². The number of phenolic OH excluding ortho intramolecular Hbond substituents is 1. The highest BCUT2D eigenvalue weighted by molar-refractivity contribution is 7.92. The van der Waals surface area contributed by atoms with Crippen LogP contribution in [0.5, 0.6) is 23.0 Å². The van der Waals surface area contributed by atoms with E-state index in [9.17, 15) is 17.9 Å². The molecular formula is C26H27FN2O6S. The number of hydrogen-bond donors (Lipinski definition) is 1. The Hall–Kier alpha value is -3.50. The van der Waals surface area contributed by atoms with Crippen LogP contribution in [0.15, 0.2) is 65.6 Å². The fourth-order valence-corrected chi connectivity index (χ4v) is 6.38. The van der Waals surface area contributed by atoms with Gasteiger partial charge in [-0.2, -0.15) is 0 Å². The normalized spacial score (nSPS) is 16.2. The lowest BCUT2D eigenvalue weighted by Crippen LogP contribution is -2.47. The molecule has 3 aromatic carbocycles. The molecule has 0 amide bonds. The van der Waals surface area contributed by atoms with Crippen LogP contribution < -0.4 is 18.5 Å². The zero-order chi connectivity index (χ0) is 25.3. The summed E-state index contributed by atoms with van der Waals surface area (Å²) in [7, 11) is -2.46. The molecule has 1 fully saturated rings. The molecular weight excluding hydrogens is 487 g/mol. The number of sulfonamides is 1. The number of benzene rings is 3. The van der Waals surface area contributed by atoms with Crippen LogP contribution in [0, 0.1) is 5.82 Å². The monoisotopic (exact) mass is 514 g/mol. The molecule has 1 N–H and O–H groups in total. The summed E-state index contributed by atoms with van der Waals surface area (Å²) in [5.74, 6) is 1.07. The number of rotatable bonds is 7. The molecule has 0 aromatic heterocycles. The van der Waals surface area contributed by atoms with Gasteiger partial charge in [0.25, 0.3) is 10.0 Å². The first-order chi connectivity index (χ1) is 17.3. The fourth-order valence-electron chi connectivity index (χ4n) is 4.68. The van der Waals surface area contributed by atoms with E-state index >= 15 is 0 Å². The van der Waals surface area contributed by atoms with E-state index in [0.717, 1.165) is 17.7 Å². The Kier molecular flexibility index (Phi) is 6.63. The molecule has 0 aliphatic carbocycles. The van der Waals surface area contributed by atoms with E-state index in [1.807, 2.05) is 6.07 Å². The van der Waals surface area contributed by atoms with Crippen LogP contribution in [-0.4, -0.2) is 51.5 Å². The molecule has 0 saturated carbocycles. The summed E-state index contributed by atoms with van der Waals surface area (Å²) in [6.45, 7) is 2.09. The third-order valence-electron chi connectivity index (χ3n) is 6.52. The molecule has 0 radical (unpaired) electrons. The molecule has 36 heavy (non-hydrogen) atoms. The summed E-state index contributed by atoms with van der Waals surface area (Å²) in [6.07, 6.45) is 1.20. The Morgan fingerprint density at radius 3 is 2.47 bits per heavy atom. The largest absolute Gasteiger partial charge is 0.504 e. The predicted octanol–water partition coefficient (Wildman–Crippen LogP) is 4.13. The average Bonchev–Trinajstić information content (AvgIpc) is 3.35. The van der Waals surface area contributed by atoms with Crippen LogP contribution in [0.4, 0.5) is 10.1 Å². The lowest BCUT2D eigenvalue weighted by Gasteiger charge is -2.39. The second kappa shape index (κ2) is 9.87. The standard InChI is InChI=1S/C26H27FN2O6S/c1-33-25-14-18(2-8-23(25)30)16-28-12-10-20(11-13-28)29(21-5-9-24-26(15-21)35-17-34-24)36(31,32)22-6-3-19(27)4-7-22/h2-9,14-15,20,30H,10-13,16-17H2,1H3. The third-order valence-corrected chi connectivity index (χ3v) is 8.41. The number of ether oxygens (including phenoxy) is 3. The quantitative estimate of drug-likeness (QED) is 0.507. The van der Waals surface area contributed by atoms with Crippen molar-refractivity contribution in [3.63, 3.8) is 0 Å². The average molecular weight is 515 g/mol. The fraction of sp³-hybridized carbons (Fsp3) is 0.308. The summed E-state index contributed by atoms with van der Waals surface area (Å²) in [5.41, 5.74) is 1.47. The smallest absolute Gasteiger partial charge is 0.264 e. The van der Waals surface area contributed by atoms with Gasteiger partial charge in [0.2, 0.25) is 6.79 Å². The zero-order valence-corrected chi connectivity index (χ0v) is 20.6. The number of fused-ring (bicyclic) bond motifs is 1. The number of hydrogen-bond acceptors (Lipinski definition) is 7. The van der Waals surface area contributed by atoms with Gasteiger partial charge >= 0.3 is 0 Å². The molecule has 0 unspecified atom stereocenters. The maximum absolute atomic E-state index is 13.8. The summed E-state index contributed by atoms with van der Waals surface area (Å²) in [6, 6.07) is 14.9.